The fourth-order valence-electron chi connectivity index (χ4n) is 2.83. The number of imidazole rings is 1. The molecule has 22 heavy (non-hydrogen) atoms. The van der Waals surface area contributed by atoms with Crippen molar-refractivity contribution >= 4 is 38.7 Å². The number of aromatic nitrogens is 3. The van der Waals surface area contributed by atoms with Crippen LogP contribution in [0.5, 0.6) is 0 Å². The number of piperidine rings is 1. The van der Waals surface area contributed by atoms with Crippen molar-refractivity contribution in [3.8, 4) is 0 Å². The van der Waals surface area contributed by atoms with E-state index in [1.54, 1.807) is 12.5 Å². The molecule has 1 fully saturated rings. The summed E-state index contributed by atoms with van der Waals surface area (Å²) in [6.45, 7) is 1.83. The zero-order valence-electron chi connectivity index (χ0n) is 11.6. The van der Waals surface area contributed by atoms with Gasteiger partial charge in [0, 0.05) is 18.8 Å². The normalized spacial score (nSPS) is 21.8. The highest BCUT2D eigenvalue weighted by atomic mass is 79.9. The molecule has 5 nitrogen and oxygen atoms in total. The van der Waals surface area contributed by atoms with Crippen LogP contribution in [0.1, 0.15) is 33.1 Å². The molecular weight excluding hydrogens is 368 g/mol. The summed E-state index contributed by atoms with van der Waals surface area (Å²) in [7, 11) is 0. The van der Waals surface area contributed by atoms with Gasteiger partial charge in [0.05, 0.1) is 21.9 Å². The van der Waals surface area contributed by atoms with Crippen LogP contribution in [0.15, 0.2) is 17.0 Å². The Hall–Kier alpha value is -0.690. The van der Waals surface area contributed by atoms with E-state index in [0.717, 1.165) is 54.4 Å². The van der Waals surface area contributed by atoms with Crippen LogP contribution >= 0.6 is 27.5 Å². The molecule has 0 aromatic carbocycles. The van der Waals surface area contributed by atoms with Crippen LogP contribution in [-0.4, -0.2) is 38.3 Å². The number of nitrogens with zero attached hydrogens (tertiary/aromatic N) is 3. The highest BCUT2D eigenvalue weighted by molar-refractivity contribution is 9.10. The SMILES string of the molecule is C.O[C@H]1CCCN[C@@H]1CCCn1cnc2c(Cl)c(Br)cnc21. The van der Waals surface area contributed by atoms with Gasteiger partial charge < -0.3 is 15.0 Å². The topological polar surface area (TPSA) is 63.0 Å². The van der Waals surface area contributed by atoms with Gasteiger partial charge in [-0.3, -0.25) is 0 Å². The molecule has 2 N–H and O–H groups in total. The average molecular weight is 390 g/mol. The minimum atomic E-state index is -0.221. The molecule has 3 rings (SSSR count). The molecule has 2 aromatic heterocycles. The molecule has 0 aliphatic carbocycles. The largest absolute Gasteiger partial charge is 0.392 e. The predicted octanol–water partition coefficient (Wildman–Crippen LogP) is 3.38. The summed E-state index contributed by atoms with van der Waals surface area (Å²) in [6.07, 6.45) is 7.14. The number of rotatable bonds is 4. The fourth-order valence-corrected chi connectivity index (χ4v) is 3.30. The number of aliphatic hydroxyl groups excluding tert-OH is 1. The van der Waals surface area contributed by atoms with E-state index in [4.69, 9.17) is 11.6 Å². The van der Waals surface area contributed by atoms with Crippen molar-refractivity contribution in [1.82, 2.24) is 19.9 Å². The van der Waals surface area contributed by atoms with E-state index in [2.05, 4.69) is 31.2 Å². The van der Waals surface area contributed by atoms with Gasteiger partial charge in [0.1, 0.15) is 5.52 Å². The van der Waals surface area contributed by atoms with Crippen LogP contribution in [0.4, 0.5) is 0 Å². The summed E-state index contributed by atoms with van der Waals surface area (Å²) < 4.78 is 2.78. The Balaban J connectivity index is 0.00000176. The lowest BCUT2D eigenvalue weighted by Crippen LogP contribution is -2.44. The molecule has 0 radical (unpaired) electrons. The Labute approximate surface area is 144 Å². The van der Waals surface area contributed by atoms with E-state index in [9.17, 15) is 5.11 Å². The lowest BCUT2D eigenvalue weighted by atomic mass is 9.97. The van der Waals surface area contributed by atoms with Gasteiger partial charge in [-0.05, 0) is 48.2 Å². The first-order valence-electron chi connectivity index (χ1n) is 7.23. The Bertz CT molecular complexity index is 633. The van der Waals surface area contributed by atoms with Gasteiger partial charge in [-0.15, -0.1) is 0 Å². The first-order chi connectivity index (χ1) is 10.2. The summed E-state index contributed by atoms with van der Waals surface area (Å²) in [5, 5.41) is 13.9. The lowest BCUT2D eigenvalue weighted by Gasteiger charge is -2.28. The Morgan fingerprint density at radius 1 is 1.45 bits per heavy atom. The van der Waals surface area contributed by atoms with Crippen molar-refractivity contribution in [2.24, 2.45) is 0 Å². The van der Waals surface area contributed by atoms with Crippen molar-refractivity contribution in [2.45, 2.75) is 51.8 Å². The second-order valence-corrected chi connectivity index (χ2v) is 6.68. The van der Waals surface area contributed by atoms with Crippen LogP contribution in [0.25, 0.3) is 11.2 Å². The Morgan fingerprint density at radius 2 is 2.27 bits per heavy atom. The van der Waals surface area contributed by atoms with Crippen LogP contribution < -0.4 is 5.32 Å². The monoisotopic (exact) mass is 388 g/mol. The summed E-state index contributed by atoms with van der Waals surface area (Å²) in [4.78, 5) is 8.72. The molecule has 0 saturated carbocycles. The lowest BCUT2D eigenvalue weighted by molar-refractivity contribution is 0.0909. The first-order valence-corrected chi connectivity index (χ1v) is 8.40. The Kier molecular flexibility index (Phi) is 6.20. The maximum absolute atomic E-state index is 9.95. The molecule has 2 aromatic rings. The van der Waals surface area contributed by atoms with Gasteiger partial charge in [0.25, 0.3) is 0 Å². The first kappa shape index (κ1) is 17.7. The zero-order chi connectivity index (χ0) is 14.8. The van der Waals surface area contributed by atoms with E-state index >= 15 is 0 Å². The third-order valence-electron chi connectivity index (χ3n) is 3.99. The number of fused-ring (bicyclic) bond motifs is 1. The smallest absolute Gasteiger partial charge is 0.161 e. The minimum absolute atomic E-state index is 0. The minimum Gasteiger partial charge on any atom is -0.392 e. The second kappa shape index (κ2) is 7.73. The summed E-state index contributed by atoms with van der Waals surface area (Å²) in [5.41, 5.74) is 1.53. The maximum atomic E-state index is 9.95. The van der Waals surface area contributed by atoms with Crippen molar-refractivity contribution < 1.29 is 5.11 Å². The van der Waals surface area contributed by atoms with Gasteiger partial charge in [-0.2, -0.15) is 0 Å². The number of aliphatic hydroxyl groups is 1. The molecule has 0 spiro atoms. The molecule has 122 valence electrons. The van der Waals surface area contributed by atoms with Gasteiger partial charge in [0.2, 0.25) is 0 Å². The van der Waals surface area contributed by atoms with Crippen molar-refractivity contribution in [2.75, 3.05) is 6.54 Å². The van der Waals surface area contributed by atoms with Gasteiger partial charge in [-0.25, -0.2) is 9.97 Å². The van der Waals surface area contributed by atoms with Crippen molar-refractivity contribution in [1.29, 1.82) is 0 Å². The average Bonchev–Trinajstić information content (AvgIpc) is 2.89. The van der Waals surface area contributed by atoms with E-state index in [1.807, 2.05) is 4.57 Å². The third-order valence-corrected chi connectivity index (χ3v) is 5.20. The van der Waals surface area contributed by atoms with Crippen LogP contribution in [0.3, 0.4) is 0 Å². The van der Waals surface area contributed by atoms with Gasteiger partial charge in [-0.1, -0.05) is 19.0 Å². The standard InChI is InChI=1S/C14H18BrClN4O.CH4/c15-9-7-18-14-13(12(9)16)19-8-20(14)6-2-3-10-11(21)4-1-5-17-10;/h7-8,10-11,17,21H,1-6H2;1H4/t10-,11+;/m1./s1. The summed E-state index contributed by atoms with van der Waals surface area (Å²) in [5.74, 6) is 0. The van der Waals surface area contributed by atoms with Crippen molar-refractivity contribution in [3.05, 3.63) is 22.0 Å². The van der Waals surface area contributed by atoms with E-state index in [1.165, 1.54) is 0 Å². The molecule has 0 amide bonds. The Morgan fingerprint density at radius 3 is 3.05 bits per heavy atom. The molecule has 1 saturated heterocycles. The van der Waals surface area contributed by atoms with E-state index in [0.29, 0.717) is 5.02 Å². The summed E-state index contributed by atoms with van der Waals surface area (Å²) >= 11 is 9.57. The molecule has 2 atom stereocenters. The molecular formula is C15H22BrClN4O. The number of hydrogen-bond acceptors (Lipinski definition) is 4. The third kappa shape index (κ3) is 3.62. The van der Waals surface area contributed by atoms with Crippen LogP contribution in [-0.2, 0) is 6.54 Å². The van der Waals surface area contributed by atoms with E-state index < -0.39 is 0 Å². The highest BCUT2D eigenvalue weighted by Crippen LogP contribution is 2.28. The number of halogens is 2. The molecule has 3 heterocycles. The van der Waals surface area contributed by atoms with Gasteiger partial charge >= 0.3 is 0 Å². The predicted molar refractivity (Wildman–Crippen MR) is 93.2 cm³/mol. The quantitative estimate of drug-likeness (QED) is 0.841. The molecule has 0 unspecified atom stereocenters. The number of pyridine rings is 1. The van der Waals surface area contributed by atoms with Crippen LogP contribution in [0.2, 0.25) is 5.02 Å². The molecule has 1 aliphatic heterocycles. The fraction of sp³-hybridized carbons (Fsp3) is 0.600. The number of hydrogen-bond donors (Lipinski definition) is 2. The number of nitrogens with one attached hydrogen (secondary N) is 1. The van der Waals surface area contributed by atoms with Crippen molar-refractivity contribution in [3.63, 3.8) is 0 Å². The zero-order valence-corrected chi connectivity index (χ0v) is 13.9. The van der Waals surface area contributed by atoms with Crippen LogP contribution in [0, 0.1) is 0 Å². The van der Waals surface area contributed by atoms with Gasteiger partial charge in [0.15, 0.2) is 5.65 Å². The highest BCUT2D eigenvalue weighted by Gasteiger charge is 2.21. The maximum Gasteiger partial charge on any atom is 0.161 e. The van der Waals surface area contributed by atoms with E-state index in [-0.39, 0.29) is 19.6 Å². The molecule has 1 aliphatic rings. The molecule has 0 bridgehead atoms. The second-order valence-electron chi connectivity index (χ2n) is 5.44. The molecule has 7 heteroatoms. The number of aryl methyl sites for hydroxylation is 1. The summed E-state index contributed by atoms with van der Waals surface area (Å²) in [6, 6.07) is 0.208.